The molecule has 1 aliphatic rings. The average Bonchev–Trinajstić information content (AvgIpc) is 3.25. The summed E-state index contributed by atoms with van der Waals surface area (Å²) in [5.74, 6) is 0.879. The summed E-state index contributed by atoms with van der Waals surface area (Å²) in [4.78, 5) is 4.37. The van der Waals surface area contributed by atoms with Gasteiger partial charge in [-0.25, -0.2) is 18.4 Å². The minimum Gasteiger partial charge on any atom is -0.496 e. The zero-order valence-electron chi connectivity index (χ0n) is 22.4. The number of hydrogen-bond donors (Lipinski definition) is 1. The highest BCUT2D eigenvalue weighted by Crippen LogP contribution is 2.34. The minimum absolute atomic E-state index is 0.146. The Kier molecular flexibility index (Phi) is 8.90. The summed E-state index contributed by atoms with van der Waals surface area (Å²) in [5, 5.41) is 3.06. The monoisotopic (exact) mass is 542 g/mol. The Morgan fingerprint density at radius 3 is 2.57 bits per heavy atom. The molecular formula is C28H38N4O3S2. The number of benzene rings is 2. The van der Waals surface area contributed by atoms with Gasteiger partial charge in [-0.1, -0.05) is 50.6 Å². The molecule has 3 aromatic rings. The lowest BCUT2D eigenvalue weighted by Crippen LogP contribution is -2.43. The van der Waals surface area contributed by atoms with Crippen LogP contribution in [0.2, 0.25) is 0 Å². The number of thiazole rings is 1. The summed E-state index contributed by atoms with van der Waals surface area (Å²) < 4.78 is 35.1. The number of sulfonamides is 1. The fourth-order valence-electron chi connectivity index (χ4n) is 4.91. The van der Waals surface area contributed by atoms with E-state index >= 15 is 0 Å². The van der Waals surface area contributed by atoms with Gasteiger partial charge in [0.15, 0.2) is 4.21 Å². The van der Waals surface area contributed by atoms with Gasteiger partial charge < -0.3 is 4.74 Å². The first kappa shape index (κ1) is 27.6. The Balaban J connectivity index is 1.63. The number of anilines is 1. The Morgan fingerprint density at radius 1 is 1.16 bits per heavy atom. The number of methoxy groups -OCH3 is 1. The van der Waals surface area contributed by atoms with Crippen LogP contribution < -0.4 is 14.5 Å². The van der Waals surface area contributed by atoms with Gasteiger partial charge in [0.25, 0.3) is 10.0 Å². The molecule has 0 aliphatic carbocycles. The number of rotatable bonds is 10. The topological polar surface area (TPSA) is 74.8 Å². The van der Waals surface area contributed by atoms with Crippen LogP contribution in [-0.4, -0.2) is 38.6 Å². The molecule has 1 atom stereocenters. The largest absolute Gasteiger partial charge is 0.496 e. The Labute approximate surface area is 225 Å². The van der Waals surface area contributed by atoms with E-state index in [0.717, 1.165) is 35.7 Å². The molecule has 200 valence electrons. The van der Waals surface area contributed by atoms with Gasteiger partial charge >= 0.3 is 0 Å². The number of ether oxygens (including phenoxy) is 1. The van der Waals surface area contributed by atoms with E-state index in [4.69, 9.17) is 4.74 Å². The lowest BCUT2D eigenvalue weighted by Gasteiger charge is -2.36. The number of hydrogen-bond acceptors (Lipinski definition) is 7. The van der Waals surface area contributed by atoms with Crippen LogP contribution in [0.3, 0.4) is 0 Å². The van der Waals surface area contributed by atoms with Crippen molar-refractivity contribution in [1.29, 1.82) is 0 Å². The van der Waals surface area contributed by atoms with E-state index in [2.05, 4.69) is 39.7 Å². The van der Waals surface area contributed by atoms with Gasteiger partial charge in [0, 0.05) is 31.2 Å². The molecule has 0 bridgehead atoms. The molecule has 2 aromatic carbocycles. The predicted molar refractivity (Wildman–Crippen MR) is 151 cm³/mol. The third kappa shape index (κ3) is 6.34. The zero-order chi connectivity index (χ0) is 26.6. The van der Waals surface area contributed by atoms with Gasteiger partial charge in [-0.2, -0.15) is 0 Å². The summed E-state index contributed by atoms with van der Waals surface area (Å²) in [6.07, 6.45) is 3.44. The van der Waals surface area contributed by atoms with Gasteiger partial charge in [0.1, 0.15) is 5.75 Å². The molecule has 0 unspecified atom stereocenters. The van der Waals surface area contributed by atoms with Gasteiger partial charge in [-0.3, -0.25) is 9.73 Å². The van der Waals surface area contributed by atoms with E-state index in [1.807, 2.05) is 45.0 Å². The summed E-state index contributed by atoms with van der Waals surface area (Å²) in [5.41, 5.74) is 7.03. The van der Waals surface area contributed by atoms with Crippen LogP contribution in [0, 0.1) is 19.8 Å². The van der Waals surface area contributed by atoms with Gasteiger partial charge in [-0.05, 0) is 56.4 Å². The van der Waals surface area contributed by atoms with Crippen molar-refractivity contribution in [3.8, 4) is 5.75 Å². The van der Waals surface area contributed by atoms with Crippen molar-refractivity contribution in [1.82, 2.24) is 15.4 Å². The second-order valence-electron chi connectivity index (χ2n) is 9.98. The zero-order valence-corrected chi connectivity index (χ0v) is 24.0. The molecule has 1 aromatic heterocycles. The molecule has 0 radical (unpaired) electrons. The van der Waals surface area contributed by atoms with E-state index in [1.54, 1.807) is 14.0 Å². The molecule has 37 heavy (non-hydrogen) atoms. The van der Waals surface area contributed by atoms with Crippen molar-refractivity contribution in [2.24, 2.45) is 5.92 Å². The van der Waals surface area contributed by atoms with Crippen LogP contribution in [0.15, 0.2) is 52.7 Å². The second-order valence-corrected chi connectivity index (χ2v) is 13.2. The third-order valence-electron chi connectivity index (χ3n) is 6.63. The molecule has 4 rings (SSSR count). The fourth-order valence-corrected chi connectivity index (χ4v) is 8.12. The lowest BCUT2D eigenvalue weighted by molar-refractivity contribution is 0.0822. The highest BCUT2D eigenvalue weighted by molar-refractivity contribution is 7.94. The summed E-state index contributed by atoms with van der Waals surface area (Å²) in [6, 6.07) is 16.5. The maximum Gasteiger partial charge on any atom is 0.275 e. The summed E-state index contributed by atoms with van der Waals surface area (Å²) >= 11 is 1.23. The van der Waals surface area contributed by atoms with E-state index in [1.165, 1.54) is 27.6 Å². The highest BCUT2D eigenvalue weighted by atomic mass is 32.2. The lowest BCUT2D eigenvalue weighted by atomic mass is 9.97. The van der Waals surface area contributed by atoms with Crippen molar-refractivity contribution in [3.63, 3.8) is 0 Å². The van der Waals surface area contributed by atoms with Crippen molar-refractivity contribution < 1.29 is 13.2 Å². The molecule has 2 heterocycles. The molecule has 9 heteroatoms. The number of piperidine rings is 1. The number of nitrogens with one attached hydrogen (secondary N) is 1. The Bertz CT molecular complexity index is 1290. The molecule has 7 nitrogen and oxygen atoms in total. The minimum atomic E-state index is -3.76. The standard InChI is InChI=1S/C28H38N4O3S2/c1-20(2)19-32(37(33,34)28-21(3)30-22(4)36-28)25-14-15-27(35-5)24(17-25)18-29-31-16-10-9-13-26(31)23-11-7-6-8-12-23/h6-8,11-12,14-15,17,20,26,29H,9-10,13,16,18-19H2,1-5H3/t26-/m0/s1. The summed E-state index contributed by atoms with van der Waals surface area (Å²) in [7, 11) is -2.11. The second kappa shape index (κ2) is 11.9. The van der Waals surface area contributed by atoms with E-state index < -0.39 is 10.0 Å². The molecule has 0 amide bonds. The Hall–Kier alpha value is -2.46. The molecule has 1 N–H and O–H groups in total. The number of nitrogens with zero attached hydrogens (tertiary/aromatic N) is 3. The van der Waals surface area contributed by atoms with E-state index in [0.29, 0.717) is 34.7 Å². The normalized spacial score (nSPS) is 16.8. The maximum absolute atomic E-state index is 13.8. The van der Waals surface area contributed by atoms with Crippen LogP contribution in [0.4, 0.5) is 5.69 Å². The summed E-state index contributed by atoms with van der Waals surface area (Å²) in [6.45, 7) is 9.52. The molecule has 0 spiro atoms. The van der Waals surface area contributed by atoms with Crippen molar-refractivity contribution in [2.75, 3.05) is 24.5 Å². The molecule has 1 fully saturated rings. The fraction of sp³-hybridized carbons (Fsp3) is 0.464. The first-order valence-corrected chi connectivity index (χ1v) is 15.1. The van der Waals surface area contributed by atoms with Crippen LogP contribution >= 0.6 is 11.3 Å². The van der Waals surface area contributed by atoms with Crippen LogP contribution in [-0.2, 0) is 16.6 Å². The first-order valence-electron chi connectivity index (χ1n) is 12.9. The quantitative estimate of drug-likeness (QED) is 0.346. The number of aryl methyl sites for hydroxylation is 2. The molecule has 1 aliphatic heterocycles. The predicted octanol–water partition coefficient (Wildman–Crippen LogP) is 5.85. The SMILES string of the molecule is COc1ccc(N(CC(C)C)S(=O)(=O)c2sc(C)nc2C)cc1CNN1CCCC[C@H]1c1ccccc1. The molecule has 0 saturated carbocycles. The average molecular weight is 543 g/mol. The van der Waals surface area contributed by atoms with Crippen LogP contribution in [0.1, 0.15) is 61.0 Å². The van der Waals surface area contributed by atoms with Crippen LogP contribution in [0.25, 0.3) is 0 Å². The molecular weight excluding hydrogens is 504 g/mol. The maximum atomic E-state index is 13.8. The Morgan fingerprint density at radius 2 is 1.92 bits per heavy atom. The van der Waals surface area contributed by atoms with Gasteiger partial charge in [-0.15, -0.1) is 11.3 Å². The van der Waals surface area contributed by atoms with Gasteiger partial charge in [0.2, 0.25) is 0 Å². The third-order valence-corrected chi connectivity index (χ3v) is 10.1. The number of aromatic nitrogens is 1. The van der Waals surface area contributed by atoms with E-state index in [-0.39, 0.29) is 5.92 Å². The van der Waals surface area contributed by atoms with Crippen molar-refractivity contribution in [2.45, 2.75) is 63.8 Å². The number of hydrazine groups is 1. The first-order chi connectivity index (χ1) is 17.7. The molecule has 1 saturated heterocycles. The van der Waals surface area contributed by atoms with Gasteiger partial charge in [0.05, 0.1) is 23.5 Å². The highest BCUT2D eigenvalue weighted by Gasteiger charge is 2.30. The van der Waals surface area contributed by atoms with Crippen molar-refractivity contribution >= 4 is 27.0 Å². The van der Waals surface area contributed by atoms with Crippen LogP contribution in [0.5, 0.6) is 5.75 Å². The van der Waals surface area contributed by atoms with Crippen molar-refractivity contribution in [3.05, 3.63) is 70.4 Å². The van der Waals surface area contributed by atoms with E-state index in [9.17, 15) is 8.42 Å². The smallest absolute Gasteiger partial charge is 0.275 e.